The Bertz CT molecular complexity index is 340. The van der Waals surface area contributed by atoms with Crippen molar-refractivity contribution < 1.29 is 21.9 Å². The summed E-state index contributed by atoms with van der Waals surface area (Å²) in [7, 11) is 0. The van der Waals surface area contributed by atoms with E-state index in [1.165, 1.54) is 0 Å². The van der Waals surface area contributed by atoms with Gasteiger partial charge in [-0.1, -0.05) is 36.4 Å². The van der Waals surface area contributed by atoms with Crippen LogP contribution in [0.2, 0.25) is 0 Å². The molecule has 0 aliphatic heterocycles. The monoisotopic (exact) mass is 307 g/mol. The molecular weight excluding hydrogens is 294 g/mol. The summed E-state index contributed by atoms with van der Waals surface area (Å²) in [6.07, 6.45) is 4.45. The van der Waals surface area contributed by atoms with Gasteiger partial charge in [-0.25, -0.2) is 0 Å². The fraction of sp³-hybridized carbons (Fsp3) is 0.250. The third-order valence-corrected chi connectivity index (χ3v) is 2.21. The average Bonchev–Trinajstić information content (AvgIpc) is 2.25. The van der Waals surface area contributed by atoms with Crippen molar-refractivity contribution in [2.45, 2.75) is 18.8 Å². The number of hydrogen-bond donors (Lipinski definition) is 0. The van der Waals surface area contributed by atoms with Gasteiger partial charge in [-0.15, -0.1) is 6.58 Å². The zero-order valence-corrected chi connectivity index (χ0v) is 12.6. The van der Waals surface area contributed by atoms with Crippen molar-refractivity contribution in [1.29, 1.82) is 0 Å². The number of rotatable bonds is 5. The number of hydrogen-bond acceptors (Lipinski definition) is 2. The summed E-state index contributed by atoms with van der Waals surface area (Å²) in [4.78, 5) is -0.374. The Balaban J connectivity index is 0. The molecule has 0 amide bonds. The van der Waals surface area contributed by atoms with Crippen LogP contribution >= 0.6 is 0 Å². The van der Waals surface area contributed by atoms with Gasteiger partial charge in [-0.05, 0) is 18.4 Å². The molecule has 1 rings (SSSR count). The summed E-state index contributed by atoms with van der Waals surface area (Å²) < 4.78 is 0. The fourth-order valence-corrected chi connectivity index (χ4v) is 1.47. The van der Waals surface area contributed by atoms with Gasteiger partial charge in [0, 0.05) is 0 Å². The second-order valence-corrected chi connectivity index (χ2v) is 3.32. The SMILES string of the molecule is C=CCCC(C=[N+]([O-])[O-])c1ccccc1.[Br-].[Mg+2]. The molecular formula is C12H14BrMgNO2. The van der Waals surface area contributed by atoms with Crippen LogP contribution in [0.4, 0.5) is 0 Å². The van der Waals surface area contributed by atoms with E-state index in [1.54, 1.807) is 6.08 Å². The summed E-state index contributed by atoms with van der Waals surface area (Å²) in [6, 6.07) is 9.51. The Morgan fingerprint density at radius 2 is 1.82 bits per heavy atom. The molecule has 17 heavy (non-hydrogen) atoms. The van der Waals surface area contributed by atoms with Crippen LogP contribution in [0.15, 0.2) is 43.0 Å². The van der Waals surface area contributed by atoms with Crippen LogP contribution in [0.3, 0.4) is 0 Å². The van der Waals surface area contributed by atoms with E-state index < -0.39 is 0 Å². The zero-order chi connectivity index (χ0) is 11.1. The van der Waals surface area contributed by atoms with E-state index in [0.717, 1.165) is 24.6 Å². The van der Waals surface area contributed by atoms with Gasteiger partial charge in [0.15, 0.2) is 6.21 Å². The molecule has 1 atom stereocenters. The third-order valence-electron chi connectivity index (χ3n) is 2.21. The second kappa shape index (κ2) is 10.6. The van der Waals surface area contributed by atoms with Crippen LogP contribution in [-0.2, 0) is 0 Å². The standard InChI is InChI=1S/C12H14NO2.BrH.Mg/c1-2-3-7-12(10-13(14)15)11-8-5-4-6-9-11;;/h2,4-6,8-10,12H,1,3,7H2;1H;/q-1;;+2/p-1. The molecule has 0 bridgehead atoms. The molecule has 1 aromatic rings. The molecule has 88 valence electrons. The van der Waals surface area contributed by atoms with Crippen molar-refractivity contribution in [3.63, 3.8) is 0 Å². The second-order valence-electron chi connectivity index (χ2n) is 3.32. The maximum Gasteiger partial charge on any atom is 2.00 e. The Labute approximate surface area is 128 Å². The Morgan fingerprint density at radius 3 is 2.29 bits per heavy atom. The summed E-state index contributed by atoms with van der Waals surface area (Å²) in [5.41, 5.74) is 0.982. The topological polar surface area (TPSA) is 49.1 Å². The quantitative estimate of drug-likeness (QED) is 0.241. The van der Waals surface area contributed by atoms with Crippen LogP contribution in [0.1, 0.15) is 24.3 Å². The first-order chi connectivity index (χ1) is 7.24. The van der Waals surface area contributed by atoms with Crippen LogP contribution < -0.4 is 17.0 Å². The van der Waals surface area contributed by atoms with Gasteiger partial charge in [0.2, 0.25) is 0 Å². The molecule has 0 saturated carbocycles. The smallest absolute Gasteiger partial charge is 1.00 e. The Hall–Kier alpha value is -0.524. The average molecular weight is 308 g/mol. The first-order valence-electron chi connectivity index (χ1n) is 4.88. The van der Waals surface area contributed by atoms with Crippen molar-refractivity contribution in [1.82, 2.24) is 0 Å². The van der Waals surface area contributed by atoms with E-state index in [9.17, 15) is 10.4 Å². The molecule has 0 heterocycles. The number of halogens is 1. The largest absolute Gasteiger partial charge is 2.00 e. The molecule has 1 aromatic carbocycles. The first kappa shape index (κ1) is 18.8. The minimum Gasteiger partial charge on any atom is -1.00 e. The van der Waals surface area contributed by atoms with E-state index in [2.05, 4.69) is 6.58 Å². The number of nitrogens with zero attached hydrogens (tertiary/aromatic N) is 1. The van der Waals surface area contributed by atoms with Crippen LogP contribution in [0.5, 0.6) is 0 Å². The molecule has 0 spiro atoms. The van der Waals surface area contributed by atoms with Gasteiger partial charge < -0.3 is 27.4 Å². The van der Waals surface area contributed by atoms with Crippen molar-refractivity contribution in [3.8, 4) is 0 Å². The first-order valence-corrected chi connectivity index (χ1v) is 4.88. The van der Waals surface area contributed by atoms with E-state index in [-0.39, 0.29) is 50.9 Å². The molecule has 0 aliphatic rings. The molecule has 5 heteroatoms. The number of benzene rings is 1. The van der Waals surface area contributed by atoms with E-state index >= 15 is 0 Å². The summed E-state index contributed by atoms with van der Waals surface area (Å²) in [5.74, 6) is -0.126. The van der Waals surface area contributed by atoms with Gasteiger partial charge in [-0.3, -0.25) is 0 Å². The summed E-state index contributed by atoms with van der Waals surface area (Å²) in [6.45, 7) is 3.62. The third kappa shape index (κ3) is 7.41. The van der Waals surface area contributed by atoms with Crippen LogP contribution in [0.25, 0.3) is 0 Å². The zero-order valence-electron chi connectivity index (χ0n) is 9.59. The van der Waals surface area contributed by atoms with E-state index in [1.807, 2.05) is 30.3 Å². The van der Waals surface area contributed by atoms with Crippen LogP contribution in [-0.4, -0.2) is 34.2 Å². The van der Waals surface area contributed by atoms with Crippen LogP contribution in [0, 0.1) is 10.4 Å². The van der Waals surface area contributed by atoms with Gasteiger partial charge >= 0.3 is 23.1 Å². The van der Waals surface area contributed by atoms with Gasteiger partial charge in [0.25, 0.3) is 0 Å². The van der Waals surface area contributed by atoms with Crippen molar-refractivity contribution in [3.05, 3.63) is 59.0 Å². The molecule has 0 aliphatic carbocycles. The molecule has 0 saturated heterocycles. The minimum absolute atomic E-state index is 0. The maximum atomic E-state index is 10.5. The van der Waals surface area contributed by atoms with Crippen molar-refractivity contribution >= 4 is 29.3 Å². The molecule has 0 radical (unpaired) electrons. The van der Waals surface area contributed by atoms with E-state index in [0.29, 0.717) is 0 Å². The predicted molar refractivity (Wildman–Crippen MR) is 67.4 cm³/mol. The van der Waals surface area contributed by atoms with Crippen molar-refractivity contribution in [2.24, 2.45) is 0 Å². The predicted octanol–water partition coefficient (Wildman–Crippen LogP) is -0.561. The number of allylic oxidation sites excluding steroid dienone is 1. The van der Waals surface area contributed by atoms with Gasteiger partial charge in [-0.2, -0.15) is 4.90 Å². The van der Waals surface area contributed by atoms with Gasteiger partial charge in [0.05, 0.1) is 5.92 Å². The Kier molecular flexibility index (Phi) is 11.8. The fourth-order valence-electron chi connectivity index (χ4n) is 1.47. The van der Waals surface area contributed by atoms with E-state index in [4.69, 9.17) is 0 Å². The van der Waals surface area contributed by atoms with Gasteiger partial charge in [0.1, 0.15) is 0 Å². The minimum atomic E-state index is -0.374. The van der Waals surface area contributed by atoms with Crippen molar-refractivity contribution in [2.75, 3.05) is 0 Å². The molecule has 0 aromatic heterocycles. The summed E-state index contributed by atoms with van der Waals surface area (Å²) >= 11 is 0. The molecule has 0 fully saturated rings. The normalized spacial score (nSPS) is 10.4. The molecule has 0 N–H and O–H groups in total. The molecule has 3 nitrogen and oxygen atoms in total. The summed E-state index contributed by atoms with van der Waals surface area (Å²) in [5, 5.41) is 20.9. The maximum absolute atomic E-state index is 10.5. The Morgan fingerprint density at radius 1 is 1.24 bits per heavy atom. The molecule has 1 unspecified atom stereocenters.